The van der Waals surface area contributed by atoms with Crippen molar-refractivity contribution in [1.29, 1.82) is 0 Å². The number of carbonyl (C=O) groups is 1. The van der Waals surface area contributed by atoms with Crippen LogP contribution in [0.5, 0.6) is 11.5 Å². The van der Waals surface area contributed by atoms with Gasteiger partial charge in [0.1, 0.15) is 23.7 Å². The van der Waals surface area contributed by atoms with E-state index in [0.29, 0.717) is 48.0 Å². The summed E-state index contributed by atoms with van der Waals surface area (Å²) in [6.07, 6.45) is 2.75. The van der Waals surface area contributed by atoms with Crippen LogP contribution in [0.15, 0.2) is 42.5 Å². The van der Waals surface area contributed by atoms with Crippen molar-refractivity contribution < 1.29 is 19.4 Å². The summed E-state index contributed by atoms with van der Waals surface area (Å²) in [6, 6.07) is 13.1. The van der Waals surface area contributed by atoms with Crippen LogP contribution in [0.25, 0.3) is 11.4 Å². The zero-order valence-electron chi connectivity index (χ0n) is 20.7. The molecule has 5 rings (SSSR count). The second kappa shape index (κ2) is 10.7. The number of nitrogens with zero attached hydrogens (tertiary/aromatic N) is 8. The van der Waals surface area contributed by atoms with Gasteiger partial charge in [0.05, 0.1) is 29.1 Å². The number of aliphatic carboxylic acids is 1. The number of aryl methyl sites for hydroxylation is 2. The highest BCUT2D eigenvalue weighted by Crippen LogP contribution is 2.30. The number of ether oxygens (including phenoxy) is 2. The number of rotatable bonds is 9. The van der Waals surface area contributed by atoms with E-state index in [1.165, 1.54) is 4.80 Å². The number of hydrogen-bond acceptors (Lipinski definition) is 9. The van der Waals surface area contributed by atoms with Gasteiger partial charge in [-0.3, -0.25) is 4.79 Å². The van der Waals surface area contributed by atoms with Crippen LogP contribution in [-0.4, -0.2) is 57.4 Å². The van der Waals surface area contributed by atoms with Crippen molar-refractivity contribution in [3.8, 4) is 22.9 Å². The van der Waals surface area contributed by atoms with Crippen LogP contribution in [0.4, 0.5) is 0 Å². The minimum absolute atomic E-state index is 0.133. The lowest BCUT2D eigenvalue weighted by atomic mass is 9.87. The second-order valence-electron chi connectivity index (χ2n) is 9.07. The molecule has 1 N–H and O–H groups in total. The molecule has 1 aromatic carbocycles. The molecule has 0 unspecified atom stereocenters. The Balaban J connectivity index is 1.27. The third-order valence-corrected chi connectivity index (χ3v) is 6.39. The minimum atomic E-state index is -0.758. The van der Waals surface area contributed by atoms with E-state index in [2.05, 4.69) is 25.7 Å². The largest absolute Gasteiger partial charge is 0.489 e. The molecule has 0 amide bonds. The lowest BCUT2D eigenvalue weighted by molar-refractivity contribution is -0.143. The van der Waals surface area contributed by atoms with Gasteiger partial charge in [0, 0.05) is 7.05 Å². The molecule has 192 valence electrons. The molecule has 12 nitrogen and oxygen atoms in total. The van der Waals surface area contributed by atoms with E-state index in [0.717, 1.165) is 24.3 Å². The van der Waals surface area contributed by atoms with Gasteiger partial charge in [0.25, 0.3) is 0 Å². The number of tetrazole rings is 1. The van der Waals surface area contributed by atoms with Crippen molar-refractivity contribution >= 4 is 5.97 Å². The fraction of sp³-hybridized carbons (Fsp3) is 0.400. The van der Waals surface area contributed by atoms with E-state index < -0.39 is 5.97 Å². The standard InChI is InChI=1S/C25H28N8O4/c1-16-22(37-19-10-6-7-17(13-19)25(34)35)12-11-20(26-16)24-21(32(2)30-28-24)14-33-29-23(27-31-33)15-36-18-8-4-3-5-9-18/h3-5,8-9,11-12,17,19H,6-7,10,13-15H2,1-2H3,(H,34,35)/t17-,19-/m0/s1. The van der Waals surface area contributed by atoms with E-state index in [1.807, 2.05) is 49.4 Å². The second-order valence-corrected chi connectivity index (χ2v) is 9.07. The number of carboxylic acid groups (broad SMARTS) is 1. The predicted octanol–water partition coefficient (Wildman–Crippen LogP) is 2.82. The monoisotopic (exact) mass is 504 g/mol. The molecule has 3 aromatic heterocycles. The summed E-state index contributed by atoms with van der Waals surface area (Å²) in [5.41, 5.74) is 2.73. The Morgan fingerprint density at radius 3 is 2.73 bits per heavy atom. The van der Waals surface area contributed by atoms with Gasteiger partial charge in [-0.2, -0.15) is 4.80 Å². The summed E-state index contributed by atoms with van der Waals surface area (Å²) in [6.45, 7) is 2.37. The summed E-state index contributed by atoms with van der Waals surface area (Å²) in [4.78, 5) is 17.5. The Kier molecular flexibility index (Phi) is 7.06. The topological polar surface area (TPSA) is 143 Å². The van der Waals surface area contributed by atoms with E-state index in [9.17, 15) is 9.90 Å². The van der Waals surface area contributed by atoms with Crippen LogP contribution in [0.3, 0.4) is 0 Å². The zero-order valence-corrected chi connectivity index (χ0v) is 20.7. The van der Waals surface area contributed by atoms with Gasteiger partial charge in [-0.15, -0.1) is 15.3 Å². The van der Waals surface area contributed by atoms with Crippen molar-refractivity contribution in [3.05, 3.63) is 59.7 Å². The maximum absolute atomic E-state index is 11.4. The molecule has 0 radical (unpaired) electrons. The fourth-order valence-corrected chi connectivity index (χ4v) is 4.41. The summed E-state index contributed by atoms with van der Waals surface area (Å²) in [7, 11) is 1.80. The van der Waals surface area contributed by atoms with Crippen molar-refractivity contribution in [3.63, 3.8) is 0 Å². The molecule has 1 fully saturated rings. The van der Waals surface area contributed by atoms with Gasteiger partial charge >= 0.3 is 5.97 Å². The van der Waals surface area contributed by atoms with E-state index in [4.69, 9.17) is 14.5 Å². The lowest BCUT2D eigenvalue weighted by Crippen LogP contribution is -2.29. The molecule has 1 saturated carbocycles. The molecule has 3 heterocycles. The summed E-state index contributed by atoms with van der Waals surface area (Å²) in [5, 5.41) is 30.5. The maximum atomic E-state index is 11.4. The molecule has 0 bridgehead atoms. The molecule has 4 aromatic rings. The van der Waals surface area contributed by atoms with Crippen LogP contribution in [0, 0.1) is 12.8 Å². The van der Waals surface area contributed by atoms with Gasteiger partial charge < -0.3 is 14.6 Å². The minimum Gasteiger partial charge on any atom is -0.489 e. The molecule has 0 spiro atoms. The van der Waals surface area contributed by atoms with Crippen LogP contribution in [0.2, 0.25) is 0 Å². The number of aromatic nitrogens is 8. The molecule has 37 heavy (non-hydrogen) atoms. The Hall–Kier alpha value is -4.35. The van der Waals surface area contributed by atoms with Crippen LogP contribution in [-0.2, 0) is 25.0 Å². The molecule has 12 heteroatoms. The maximum Gasteiger partial charge on any atom is 0.306 e. The molecule has 2 atom stereocenters. The molecule has 1 aliphatic rings. The van der Waals surface area contributed by atoms with E-state index >= 15 is 0 Å². The lowest BCUT2D eigenvalue weighted by Gasteiger charge is -2.27. The Morgan fingerprint density at radius 2 is 1.95 bits per heavy atom. The highest BCUT2D eigenvalue weighted by Gasteiger charge is 2.28. The first kappa shape index (κ1) is 24.3. The van der Waals surface area contributed by atoms with E-state index in [-0.39, 0.29) is 18.6 Å². The molecular weight excluding hydrogens is 476 g/mol. The average molecular weight is 505 g/mol. The third-order valence-electron chi connectivity index (χ3n) is 6.39. The van der Waals surface area contributed by atoms with E-state index in [1.54, 1.807) is 11.7 Å². The Morgan fingerprint density at radius 1 is 1.11 bits per heavy atom. The molecule has 1 aliphatic carbocycles. The van der Waals surface area contributed by atoms with Gasteiger partial charge in [0.15, 0.2) is 6.61 Å². The van der Waals surface area contributed by atoms with Gasteiger partial charge in [-0.1, -0.05) is 23.4 Å². The van der Waals surface area contributed by atoms with Crippen molar-refractivity contribution in [2.45, 2.75) is 51.9 Å². The summed E-state index contributed by atoms with van der Waals surface area (Å²) in [5.74, 6) is 0.724. The van der Waals surface area contributed by atoms with Crippen molar-refractivity contribution in [1.82, 2.24) is 40.2 Å². The number of hydrogen-bond donors (Lipinski definition) is 1. The van der Waals surface area contributed by atoms with Gasteiger partial charge in [0.2, 0.25) is 5.82 Å². The third kappa shape index (κ3) is 5.74. The SMILES string of the molecule is Cc1nc(-c2nnn(C)c2Cn2nnc(COc3ccccc3)n2)ccc1O[C@H]1CCC[C@H](C(=O)O)C1. The summed E-state index contributed by atoms with van der Waals surface area (Å²) < 4.78 is 13.5. The first-order valence-electron chi connectivity index (χ1n) is 12.2. The van der Waals surface area contributed by atoms with Crippen molar-refractivity contribution in [2.24, 2.45) is 13.0 Å². The first-order chi connectivity index (χ1) is 18.0. The fourth-order valence-electron chi connectivity index (χ4n) is 4.41. The number of para-hydroxylation sites is 1. The van der Waals surface area contributed by atoms with Crippen LogP contribution < -0.4 is 9.47 Å². The molecular formula is C25H28N8O4. The smallest absolute Gasteiger partial charge is 0.306 e. The first-order valence-corrected chi connectivity index (χ1v) is 12.2. The number of pyridine rings is 1. The molecule has 0 saturated heterocycles. The highest BCUT2D eigenvalue weighted by atomic mass is 16.5. The average Bonchev–Trinajstić information content (AvgIpc) is 3.51. The normalized spacial score (nSPS) is 17.5. The van der Waals surface area contributed by atoms with Gasteiger partial charge in [-0.25, -0.2) is 9.67 Å². The van der Waals surface area contributed by atoms with Crippen molar-refractivity contribution in [2.75, 3.05) is 0 Å². The Labute approximate surface area is 213 Å². The number of benzene rings is 1. The van der Waals surface area contributed by atoms with Crippen LogP contribution >= 0.6 is 0 Å². The number of carboxylic acids is 1. The highest BCUT2D eigenvalue weighted by molar-refractivity contribution is 5.70. The van der Waals surface area contributed by atoms with Crippen LogP contribution in [0.1, 0.15) is 42.9 Å². The quantitative estimate of drug-likeness (QED) is 0.361. The predicted molar refractivity (Wildman–Crippen MR) is 131 cm³/mol. The summed E-state index contributed by atoms with van der Waals surface area (Å²) >= 11 is 0. The zero-order chi connectivity index (χ0) is 25.8. The van der Waals surface area contributed by atoms with Gasteiger partial charge in [-0.05, 0) is 62.1 Å². The Bertz CT molecular complexity index is 1370. The molecule has 0 aliphatic heterocycles.